The van der Waals surface area contributed by atoms with Gasteiger partial charge in [-0.05, 0) is 51.3 Å². The van der Waals surface area contributed by atoms with Crippen molar-refractivity contribution in [3.8, 4) is 0 Å². The molecule has 0 aliphatic rings. The van der Waals surface area contributed by atoms with Crippen molar-refractivity contribution < 1.29 is 0 Å². The molecule has 0 spiro atoms. The van der Waals surface area contributed by atoms with Crippen molar-refractivity contribution in [1.82, 2.24) is 15.3 Å². The maximum atomic E-state index is 4.50. The molecule has 0 saturated carbocycles. The van der Waals surface area contributed by atoms with Gasteiger partial charge in [-0.15, -0.1) is 0 Å². The van der Waals surface area contributed by atoms with Crippen molar-refractivity contribution in [2.75, 3.05) is 6.54 Å². The van der Waals surface area contributed by atoms with E-state index >= 15 is 0 Å². The van der Waals surface area contributed by atoms with Gasteiger partial charge in [-0.25, -0.2) is 9.97 Å². The first kappa shape index (κ1) is 15.6. The van der Waals surface area contributed by atoms with Gasteiger partial charge < -0.3 is 5.32 Å². The summed E-state index contributed by atoms with van der Waals surface area (Å²) >= 11 is 0. The smallest absolute Gasteiger partial charge is 0.145 e. The second kappa shape index (κ2) is 7.32. The number of hydrogen-bond donors (Lipinski definition) is 1. The summed E-state index contributed by atoms with van der Waals surface area (Å²) in [5, 5.41) is 3.57. The van der Waals surface area contributed by atoms with Gasteiger partial charge >= 0.3 is 0 Å². The van der Waals surface area contributed by atoms with Crippen molar-refractivity contribution in [1.29, 1.82) is 0 Å². The van der Waals surface area contributed by atoms with E-state index in [4.69, 9.17) is 0 Å². The summed E-state index contributed by atoms with van der Waals surface area (Å²) in [4.78, 5) is 9.00. The van der Waals surface area contributed by atoms with Crippen molar-refractivity contribution in [2.24, 2.45) is 0 Å². The predicted molar refractivity (Wildman–Crippen MR) is 87.4 cm³/mol. The van der Waals surface area contributed by atoms with Gasteiger partial charge in [0, 0.05) is 12.4 Å². The standard InChI is InChI=1S/C18H25N3/c1-5-6-19-17(18-20-11-15(4)12-21-18)10-16-8-13(2)7-14(3)9-16/h7-9,11-12,17,19H,5-6,10H2,1-4H3. The minimum Gasteiger partial charge on any atom is -0.307 e. The first-order valence-corrected chi connectivity index (χ1v) is 7.67. The summed E-state index contributed by atoms with van der Waals surface area (Å²) in [6, 6.07) is 6.89. The van der Waals surface area contributed by atoms with E-state index in [9.17, 15) is 0 Å². The molecule has 1 N–H and O–H groups in total. The maximum Gasteiger partial charge on any atom is 0.145 e. The lowest BCUT2D eigenvalue weighted by molar-refractivity contribution is 0.504. The highest BCUT2D eigenvalue weighted by Gasteiger charge is 2.14. The van der Waals surface area contributed by atoms with Crippen molar-refractivity contribution in [2.45, 2.75) is 46.6 Å². The largest absolute Gasteiger partial charge is 0.307 e. The van der Waals surface area contributed by atoms with Gasteiger partial charge in [0.1, 0.15) is 5.82 Å². The zero-order valence-electron chi connectivity index (χ0n) is 13.5. The molecule has 2 rings (SSSR count). The molecule has 0 amide bonds. The number of nitrogens with zero attached hydrogens (tertiary/aromatic N) is 2. The number of hydrogen-bond acceptors (Lipinski definition) is 3. The number of benzene rings is 1. The van der Waals surface area contributed by atoms with Gasteiger partial charge in [-0.3, -0.25) is 0 Å². The summed E-state index contributed by atoms with van der Waals surface area (Å²) in [6.07, 6.45) is 5.82. The van der Waals surface area contributed by atoms with E-state index in [1.165, 1.54) is 16.7 Å². The summed E-state index contributed by atoms with van der Waals surface area (Å²) in [7, 11) is 0. The summed E-state index contributed by atoms with van der Waals surface area (Å²) in [5.41, 5.74) is 5.05. The van der Waals surface area contributed by atoms with E-state index in [1.54, 1.807) is 0 Å². The van der Waals surface area contributed by atoms with E-state index < -0.39 is 0 Å². The summed E-state index contributed by atoms with van der Waals surface area (Å²) < 4.78 is 0. The van der Waals surface area contributed by atoms with E-state index in [1.807, 2.05) is 19.3 Å². The first-order valence-electron chi connectivity index (χ1n) is 7.67. The average molecular weight is 283 g/mol. The molecule has 0 radical (unpaired) electrons. The van der Waals surface area contributed by atoms with Crippen LogP contribution < -0.4 is 5.32 Å². The van der Waals surface area contributed by atoms with Crippen LogP contribution in [0.25, 0.3) is 0 Å². The summed E-state index contributed by atoms with van der Waals surface area (Å²) in [5.74, 6) is 0.883. The van der Waals surface area contributed by atoms with Crippen LogP contribution in [-0.4, -0.2) is 16.5 Å². The van der Waals surface area contributed by atoms with Gasteiger partial charge in [-0.1, -0.05) is 36.2 Å². The Morgan fingerprint density at radius 2 is 1.57 bits per heavy atom. The molecule has 3 nitrogen and oxygen atoms in total. The molecule has 0 aliphatic heterocycles. The molecular weight excluding hydrogens is 258 g/mol. The number of aromatic nitrogens is 2. The quantitative estimate of drug-likeness (QED) is 0.878. The SMILES string of the molecule is CCCNC(Cc1cc(C)cc(C)c1)c1ncc(C)cn1. The Morgan fingerprint density at radius 1 is 0.952 bits per heavy atom. The predicted octanol–water partition coefficient (Wildman–Crippen LogP) is 3.69. The van der Waals surface area contributed by atoms with E-state index in [-0.39, 0.29) is 6.04 Å². The molecule has 3 heteroatoms. The molecule has 1 aromatic carbocycles. The maximum absolute atomic E-state index is 4.50. The van der Waals surface area contributed by atoms with E-state index in [0.29, 0.717) is 0 Å². The molecular formula is C18H25N3. The minimum absolute atomic E-state index is 0.173. The van der Waals surface area contributed by atoms with E-state index in [2.05, 4.69) is 54.3 Å². The highest BCUT2D eigenvalue weighted by molar-refractivity contribution is 5.29. The molecule has 1 heterocycles. The third-order valence-electron chi connectivity index (χ3n) is 3.47. The molecule has 2 aromatic rings. The number of rotatable bonds is 6. The summed E-state index contributed by atoms with van der Waals surface area (Å²) in [6.45, 7) is 9.46. The highest BCUT2D eigenvalue weighted by atomic mass is 15.0. The number of nitrogens with one attached hydrogen (secondary N) is 1. The zero-order valence-corrected chi connectivity index (χ0v) is 13.5. The zero-order chi connectivity index (χ0) is 15.2. The Bertz CT molecular complexity index is 555. The molecule has 1 aromatic heterocycles. The van der Waals surface area contributed by atoms with Crippen LogP contribution in [0.4, 0.5) is 0 Å². The Morgan fingerprint density at radius 3 is 2.14 bits per heavy atom. The monoisotopic (exact) mass is 283 g/mol. The van der Waals surface area contributed by atoms with Gasteiger partial charge in [0.2, 0.25) is 0 Å². The van der Waals surface area contributed by atoms with Crippen LogP contribution in [0.5, 0.6) is 0 Å². The molecule has 0 saturated heterocycles. The van der Waals surface area contributed by atoms with Crippen LogP contribution in [-0.2, 0) is 6.42 Å². The first-order chi connectivity index (χ1) is 10.1. The lowest BCUT2D eigenvalue weighted by Gasteiger charge is -2.18. The fraction of sp³-hybridized carbons (Fsp3) is 0.444. The lowest BCUT2D eigenvalue weighted by atomic mass is 10.0. The Labute approximate surface area is 127 Å². The van der Waals surface area contributed by atoms with E-state index in [0.717, 1.165) is 30.8 Å². The van der Waals surface area contributed by atoms with Crippen molar-refractivity contribution in [3.05, 3.63) is 58.7 Å². The van der Waals surface area contributed by atoms with Crippen LogP contribution in [0.15, 0.2) is 30.6 Å². The van der Waals surface area contributed by atoms with Crippen molar-refractivity contribution >= 4 is 0 Å². The van der Waals surface area contributed by atoms with Gasteiger partial charge in [-0.2, -0.15) is 0 Å². The van der Waals surface area contributed by atoms with Gasteiger partial charge in [0.15, 0.2) is 0 Å². The van der Waals surface area contributed by atoms with Gasteiger partial charge in [0.05, 0.1) is 6.04 Å². The second-order valence-corrected chi connectivity index (χ2v) is 5.83. The normalized spacial score (nSPS) is 12.4. The Hall–Kier alpha value is -1.74. The number of aryl methyl sites for hydroxylation is 3. The van der Waals surface area contributed by atoms with Crippen molar-refractivity contribution in [3.63, 3.8) is 0 Å². The molecule has 1 atom stereocenters. The molecule has 21 heavy (non-hydrogen) atoms. The Balaban J connectivity index is 2.21. The van der Waals surface area contributed by atoms with Crippen LogP contribution >= 0.6 is 0 Å². The Kier molecular flexibility index (Phi) is 5.45. The topological polar surface area (TPSA) is 37.8 Å². The molecule has 0 aliphatic carbocycles. The lowest BCUT2D eigenvalue weighted by Crippen LogP contribution is -2.26. The van der Waals surface area contributed by atoms with Gasteiger partial charge in [0.25, 0.3) is 0 Å². The van der Waals surface area contributed by atoms with Crippen LogP contribution in [0.2, 0.25) is 0 Å². The average Bonchev–Trinajstić information content (AvgIpc) is 2.43. The third-order valence-corrected chi connectivity index (χ3v) is 3.47. The van der Waals surface area contributed by atoms with Crippen LogP contribution in [0, 0.1) is 20.8 Å². The second-order valence-electron chi connectivity index (χ2n) is 5.83. The molecule has 1 unspecified atom stereocenters. The minimum atomic E-state index is 0.173. The highest BCUT2D eigenvalue weighted by Crippen LogP contribution is 2.18. The molecule has 0 fully saturated rings. The van der Waals surface area contributed by atoms with Crippen LogP contribution in [0.1, 0.15) is 47.5 Å². The third kappa shape index (κ3) is 4.64. The van der Waals surface area contributed by atoms with Crippen LogP contribution in [0.3, 0.4) is 0 Å². The molecule has 112 valence electrons. The molecule has 0 bridgehead atoms. The fourth-order valence-electron chi connectivity index (χ4n) is 2.58. The fourth-order valence-corrected chi connectivity index (χ4v) is 2.58.